The molecule has 1 amide bonds. The van der Waals surface area contributed by atoms with E-state index in [0.29, 0.717) is 6.61 Å². The van der Waals surface area contributed by atoms with Gasteiger partial charge in [0.1, 0.15) is 0 Å². The van der Waals surface area contributed by atoms with Gasteiger partial charge < -0.3 is 19.5 Å². The molecular formula is C28H43NO4Si. The number of aliphatic hydroxyl groups is 2. The van der Waals surface area contributed by atoms with Gasteiger partial charge in [0.05, 0.1) is 18.1 Å². The molecule has 2 aromatic rings. The summed E-state index contributed by atoms with van der Waals surface area (Å²) in [6.07, 6.45) is -1.76. The number of hydrogen-bond donors (Lipinski definition) is 2. The van der Waals surface area contributed by atoms with Crippen LogP contribution in [-0.2, 0) is 9.22 Å². The first-order valence-electron chi connectivity index (χ1n) is 12.2. The third kappa shape index (κ3) is 5.97. The predicted molar refractivity (Wildman–Crippen MR) is 142 cm³/mol. The number of amides is 1. The molecule has 34 heavy (non-hydrogen) atoms. The molecule has 0 fully saturated rings. The molecule has 6 heteroatoms. The van der Waals surface area contributed by atoms with Gasteiger partial charge >= 0.3 is 0 Å². The van der Waals surface area contributed by atoms with Gasteiger partial charge in [-0.25, -0.2) is 0 Å². The number of rotatable bonds is 10. The lowest BCUT2D eigenvalue weighted by molar-refractivity contribution is -0.139. The quantitative estimate of drug-likeness (QED) is 0.507. The molecule has 0 heterocycles. The van der Waals surface area contributed by atoms with Crippen LogP contribution in [0.2, 0.25) is 5.04 Å². The van der Waals surface area contributed by atoms with Crippen molar-refractivity contribution < 1.29 is 19.4 Å². The molecule has 2 rings (SSSR count). The second kappa shape index (κ2) is 11.6. The Morgan fingerprint density at radius 3 is 1.71 bits per heavy atom. The van der Waals surface area contributed by atoms with E-state index in [1.807, 2.05) is 19.1 Å². The molecule has 2 aromatic carbocycles. The van der Waals surface area contributed by atoms with Gasteiger partial charge in [-0.1, -0.05) is 102 Å². The zero-order valence-corrected chi connectivity index (χ0v) is 23.0. The average Bonchev–Trinajstić information content (AvgIpc) is 2.82. The second-order valence-corrected chi connectivity index (χ2v) is 15.1. The minimum Gasteiger partial charge on any atom is -0.407 e. The van der Waals surface area contributed by atoms with Gasteiger partial charge in [0.2, 0.25) is 5.91 Å². The average molecular weight is 486 g/mol. The minimum atomic E-state index is -2.71. The smallest absolute Gasteiger partial charge is 0.261 e. The number of aliphatic hydroxyl groups excluding tert-OH is 2. The standard InChI is InChI=1S/C28H43NO4Si/c1-20(25(30)21(2)26(31)22(3)27(32)29(7)8)19-33-34(28(4,5)6,23-15-11-9-12-16-23)24-17-13-10-14-18-24/h9-18,20-22,25-26,30-31H,19H2,1-8H3/t20-,21-,22+,25-,26+/m0/s1. The lowest BCUT2D eigenvalue weighted by atomic mass is 9.84. The molecule has 5 nitrogen and oxygen atoms in total. The van der Waals surface area contributed by atoms with E-state index >= 15 is 0 Å². The van der Waals surface area contributed by atoms with Crippen molar-refractivity contribution in [3.05, 3.63) is 60.7 Å². The minimum absolute atomic E-state index is 0.150. The van der Waals surface area contributed by atoms with E-state index in [9.17, 15) is 15.0 Å². The van der Waals surface area contributed by atoms with Crippen LogP contribution in [0.1, 0.15) is 41.5 Å². The summed E-state index contributed by atoms with van der Waals surface area (Å²) in [6.45, 7) is 12.5. The molecule has 0 radical (unpaired) electrons. The molecule has 0 aromatic heterocycles. The van der Waals surface area contributed by atoms with Crippen LogP contribution in [0.5, 0.6) is 0 Å². The molecule has 188 valence electrons. The molecule has 0 aliphatic heterocycles. The van der Waals surface area contributed by atoms with E-state index in [1.165, 1.54) is 15.3 Å². The third-order valence-corrected chi connectivity index (χ3v) is 12.0. The van der Waals surface area contributed by atoms with E-state index in [0.717, 1.165) is 0 Å². The van der Waals surface area contributed by atoms with Crippen LogP contribution in [0.25, 0.3) is 0 Å². The number of nitrogens with zero attached hydrogens (tertiary/aromatic N) is 1. The van der Waals surface area contributed by atoms with Gasteiger partial charge in [0.25, 0.3) is 8.32 Å². The monoisotopic (exact) mass is 485 g/mol. The molecule has 5 atom stereocenters. The highest BCUT2D eigenvalue weighted by molar-refractivity contribution is 6.99. The summed E-state index contributed by atoms with van der Waals surface area (Å²) in [5.41, 5.74) is 0. The fourth-order valence-corrected chi connectivity index (χ4v) is 9.51. The number of hydrogen-bond acceptors (Lipinski definition) is 4. The summed E-state index contributed by atoms with van der Waals surface area (Å²) in [6, 6.07) is 20.8. The summed E-state index contributed by atoms with van der Waals surface area (Å²) in [7, 11) is 0.638. The van der Waals surface area contributed by atoms with E-state index in [4.69, 9.17) is 4.43 Å². The van der Waals surface area contributed by atoms with E-state index < -0.39 is 32.4 Å². The lowest BCUT2D eigenvalue weighted by Gasteiger charge is -2.44. The topological polar surface area (TPSA) is 70.0 Å². The van der Waals surface area contributed by atoms with Crippen molar-refractivity contribution in [1.82, 2.24) is 4.90 Å². The first-order valence-corrected chi connectivity index (χ1v) is 14.1. The molecular weight excluding hydrogens is 442 g/mol. The Balaban J connectivity index is 2.32. The van der Waals surface area contributed by atoms with E-state index in [1.54, 1.807) is 27.9 Å². The SMILES string of the molecule is C[C@@H]([C@@H](O)[C@@H](C)CO[Si](c1ccccc1)(c1ccccc1)C(C)(C)C)[C@@H](O)[C@@H](C)C(=O)N(C)C. The molecule has 0 saturated carbocycles. The summed E-state index contributed by atoms with van der Waals surface area (Å²) in [5, 5.41) is 24.1. The Morgan fingerprint density at radius 1 is 0.882 bits per heavy atom. The van der Waals surface area contributed by atoms with Gasteiger partial charge in [-0.15, -0.1) is 0 Å². The van der Waals surface area contributed by atoms with Crippen molar-refractivity contribution in [3.8, 4) is 0 Å². The Bertz CT molecular complexity index is 858. The predicted octanol–water partition coefficient (Wildman–Crippen LogP) is 3.28. The maximum Gasteiger partial charge on any atom is 0.261 e. The van der Waals surface area contributed by atoms with Gasteiger partial charge in [0.15, 0.2) is 0 Å². The van der Waals surface area contributed by atoms with Crippen LogP contribution >= 0.6 is 0 Å². The van der Waals surface area contributed by atoms with Gasteiger partial charge in [-0.3, -0.25) is 4.79 Å². The van der Waals surface area contributed by atoms with Crippen molar-refractivity contribution in [2.24, 2.45) is 17.8 Å². The van der Waals surface area contributed by atoms with Crippen molar-refractivity contribution in [3.63, 3.8) is 0 Å². The summed E-state index contributed by atoms with van der Waals surface area (Å²) in [4.78, 5) is 13.8. The van der Waals surface area contributed by atoms with Crippen molar-refractivity contribution in [1.29, 1.82) is 0 Å². The molecule has 0 bridgehead atoms. The van der Waals surface area contributed by atoms with Crippen molar-refractivity contribution in [2.75, 3.05) is 20.7 Å². The van der Waals surface area contributed by atoms with Crippen LogP contribution in [-0.4, -0.2) is 62.2 Å². The van der Waals surface area contributed by atoms with Crippen LogP contribution in [0.4, 0.5) is 0 Å². The Morgan fingerprint density at radius 2 is 1.32 bits per heavy atom. The zero-order valence-electron chi connectivity index (χ0n) is 22.0. The lowest BCUT2D eigenvalue weighted by Crippen LogP contribution is -2.67. The first-order chi connectivity index (χ1) is 15.8. The largest absolute Gasteiger partial charge is 0.407 e. The number of carbonyl (C=O) groups is 1. The van der Waals surface area contributed by atoms with Gasteiger partial charge in [0, 0.05) is 32.5 Å². The van der Waals surface area contributed by atoms with Gasteiger partial charge in [-0.05, 0) is 15.4 Å². The third-order valence-electron chi connectivity index (χ3n) is 6.98. The number of carbonyl (C=O) groups excluding carboxylic acids is 1. The summed E-state index contributed by atoms with van der Waals surface area (Å²) < 4.78 is 6.95. The highest BCUT2D eigenvalue weighted by Gasteiger charge is 2.50. The normalized spacial score (nSPS) is 16.9. The van der Waals surface area contributed by atoms with Gasteiger partial charge in [-0.2, -0.15) is 0 Å². The molecule has 0 aliphatic carbocycles. The fourth-order valence-electron chi connectivity index (χ4n) is 4.85. The summed E-state index contributed by atoms with van der Waals surface area (Å²) in [5.74, 6) is -1.45. The summed E-state index contributed by atoms with van der Waals surface area (Å²) >= 11 is 0. The van der Waals surface area contributed by atoms with Crippen molar-refractivity contribution >= 4 is 24.6 Å². The maximum absolute atomic E-state index is 12.3. The van der Waals surface area contributed by atoms with Crippen molar-refractivity contribution in [2.45, 2.75) is 58.8 Å². The van der Waals surface area contributed by atoms with E-state index in [2.05, 4.69) is 69.3 Å². The van der Waals surface area contributed by atoms with E-state index in [-0.39, 0.29) is 16.9 Å². The molecule has 0 unspecified atom stereocenters. The first kappa shape index (κ1) is 28.2. The van der Waals surface area contributed by atoms with Crippen LogP contribution in [0.15, 0.2) is 60.7 Å². The Labute approximate surface area is 206 Å². The molecule has 0 spiro atoms. The van der Waals surface area contributed by atoms with Crippen LogP contribution in [0.3, 0.4) is 0 Å². The molecule has 0 saturated heterocycles. The fraction of sp³-hybridized carbons (Fsp3) is 0.536. The molecule has 0 aliphatic rings. The molecule has 2 N–H and O–H groups in total. The Kier molecular flexibility index (Phi) is 9.66. The number of benzene rings is 2. The highest BCUT2D eigenvalue weighted by atomic mass is 28.4. The van der Waals surface area contributed by atoms with Crippen LogP contribution < -0.4 is 10.4 Å². The second-order valence-electron chi connectivity index (χ2n) is 10.8. The van der Waals surface area contributed by atoms with Crippen LogP contribution in [0, 0.1) is 17.8 Å². The zero-order chi connectivity index (χ0) is 25.7. The Hall–Kier alpha value is -1.99. The highest BCUT2D eigenvalue weighted by Crippen LogP contribution is 2.37. The maximum atomic E-state index is 12.3.